The van der Waals surface area contributed by atoms with Crippen LogP contribution >= 0.6 is 38.9 Å². The molecule has 14 heavy (non-hydrogen) atoms. The Morgan fingerprint density at radius 1 is 1.79 bits per heavy atom. The summed E-state index contributed by atoms with van der Waals surface area (Å²) in [7, 11) is 0. The smallest absolute Gasteiger partial charge is 0.107 e. The largest absolute Gasteiger partial charge is 0.396 e. The third-order valence-corrected chi connectivity index (χ3v) is 5.51. The summed E-state index contributed by atoms with van der Waals surface area (Å²) in [6.45, 7) is 0.711. The molecule has 0 amide bonds. The zero-order valence-corrected chi connectivity index (χ0v) is 10.6. The molecule has 1 fully saturated rings. The average Bonchev–Trinajstić information content (AvgIpc) is 2.83. The number of hydrogen-bond acceptors (Lipinski definition) is 3. The quantitative estimate of drug-likeness (QED) is 0.900. The Morgan fingerprint density at radius 2 is 2.50 bits per heavy atom. The zero-order valence-electron chi connectivity index (χ0n) is 7.46. The van der Waals surface area contributed by atoms with Crippen molar-refractivity contribution in [3.05, 3.63) is 19.8 Å². The number of aliphatic hydroxyl groups excluding tert-OH is 1. The van der Waals surface area contributed by atoms with Crippen LogP contribution in [0.3, 0.4) is 0 Å². The van der Waals surface area contributed by atoms with Gasteiger partial charge in [-0.3, -0.25) is 0 Å². The van der Waals surface area contributed by atoms with E-state index in [1.165, 1.54) is 4.88 Å². The molecule has 2 rings (SSSR count). The number of hydrogen-bond donors (Lipinski definition) is 2. The second-order valence-corrected chi connectivity index (χ2v) is 6.29. The standard InChI is InChI=1S/C9H11BrClNOS/c10-6-1-7(14-8(6)11)5-2-9(5,3-12)4-13/h1,5,13H,2-4,12H2. The van der Waals surface area contributed by atoms with E-state index in [0.29, 0.717) is 12.5 Å². The third-order valence-electron chi connectivity index (χ3n) is 2.92. The minimum Gasteiger partial charge on any atom is -0.396 e. The van der Waals surface area contributed by atoms with E-state index in [2.05, 4.69) is 15.9 Å². The van der Waals surface area contributed by atoms with E-state index in [1.807, 2.05) is 6.07 Å². The molecule has 0 saturated heterocycles. The summed E-state index contributed by atoms with van der Waals surface area (Å²) in [5.74, 6) is 0.395. The maximum Gasteiger partial charge on any atom is 0.107 e. The first-order chi connectivity index (χ1) is 6.63. The van der Waals surface area contributed by atoms with Crippen molar-refractivity contribution >= 4 is 38.9 Å². The molecule has 0 bridgehead atoms. The maximum absolute atomic E-state index is 9.24. The number of aliphatic hydroxyl groups is 1. The summed E-state index contributed by atoms with van der Waals surface area (Å²) in [5.41, 5.74) is 5.58. The van der Waals surface area contributed by atoms with Crippen LogP contribution in [0.1, 0.15) is 17.2 Å². The molecule has 1 aliphatic carbocycles. The SMILES string of the molecule is NCC1(CO)CC1c1cc(Br)c(Cl)s1. The molecule has 5 heteroatoms. The van der Waals surface area contributed by atoms with Crippen molar-refractivity contribution in [1.29, 1.82) is 0 Å². The van der Waals surface area contributed by atoms with Crippen molar-refractivity contribution in [2.24, 2.45) is 11.1 Å². The fourth-order valence-electron chi connectivity index (χ4n) is 1.75. The molecular formula is C9H11BrClNOS. The highest BCUT2D eigenvalue weighted by atomic mass is 79.9. The number of thiophene rings is 1. The van der Waals surface area contributed by atoms with E-state index in [9.17, 15) is 5.11 Å². The Hall–Kier alpha value is 0.390. The van der Waals surface area contributed by atoms with Crippen molar-refractivity contribution in [3.63, 3.8) is 0 Å². The predicted molar refractivity (Wildman–Crippen MR) is 63.0 cm³/mol. The van der Waals surface area contributed by atoms with Crippen LogP contribution in [0, 0.1) is 5.41 Å². The van der Waals surface area contributed by atoms with Gasteiger partial charge < -0.3 is 10.8 Å². The van der Waals surface area contributed by atoms with Crippen molar-refractivity contribution in [3.8, 4) is 0 Å². The van der Waals surface area contributed by atoms with E-state index in [1.54, 1.807) is 11.3 Å². The second-order valence-electron chi connectivity index (χ2n) is 3.75. The van der Waals surface area contributed by atoms with Crippen LogP contribution in [0.5, 0.6) is 0 Å². The van der Waals surface area contributed by atoms with Gasteiger partial charge in [0.15, 0.2) is 0 Å². The van der Waals surface area contributed by atoms with Crippen molar-refractivity contribution < 1.29 is 5.11 Å². The molecule has 1 heterocycles. The van der Waals surface area contributed by atoms with Gasteiger partial charge in [-0.05, 0) is 28.4 Å². The first-order valence-corrected chi connectivity index (χ1v) is 6.37. The van der Waals surface area contributed by atoms with Crippen molar-refractivity contribution in [1.82, 2.24) is 0 Å². The Morgan fingerprint density at radius 3 is 2.86 bits per heavy atom. The molecule has 1 aromatic heterocycles. The number of nitrogens with two attached hydrogens (primary N) is 1. The molecule has 1 aromatic rings. The van der Waals surface area contributed by atoms with Gasteiger partial charge in [-0.25, -0.2) is 0 Å². The normalized spacial score (nSPS) is 30.7. The van der Waals surface area contributed by atoms with Crippen LogP contribution in [0.4, 0.5) is 0 Å². The van der Waals surface area contributed by atoms with Crippen LogP contribution < -0.4 is 5.73 Å². The van der Waals surface area contributed by atoms with Crippen LogP contribution in [0.2, 0.25) is 4.34 Å². The highest BCUT2D eigenvalue weighted by Gasteiger charge is 2.54. The van der Waals surface area contributed by atoms with Crippen LogP contribution in [0.25, 0.3) is 0 Å². The van der Waals surface area contributed by atoms with Crippen LogP contribution in [0.15, 0.2) is 10.5 Å². The Kier molecular flexibility index (Phi) is 2.92. The number of rotatable bonds is 3. The van der Waals surface area contributed by atoms with Crippen molar-refractivity contribution in [2.45, 2.75) is 12.3 Å². The molecule has 0 aromatic carbocycles. The van der Waals surface area contributed by atoms with E-state index in [4.69, 9.17) is 17.3 Å². The van der Waals surface area contributed by atoms with E-state index in [-0.39, 0.29) is 12.0 Å². The van der Waals surface area contributed by atoms with Gasteiger partial charge in [-0.15, -0.1) is 11.3 Å². The minimum atomic E-state index is -0.0758. The average molecular weight is 297 g/mol. The first kappa shape index (κ1) is 10.9. The van der Waals surface area contributed by atoms with Gasteiger partial charge in [-0.2, -0.15) is 0 Å². The van der Waals surface area contributed by atoms with Gasteiger partial charge in [0.05, 0.1) is 6.61 Å². The summed E-state index contributed by atoms with van der Waals surface area (Å²) in [6.07, 6.45) is 0.975. The molecule has 3 N–H and O–H groups in total. The monoisotopic (exact) mass is 295 g/mol. The first-order valence-electron chi connectivity index (χ1n) is 4.38. The highest BCUT2D eigenvalue weighted by Crippen LogP contribution is 2.60. The van der Waals surface area contributed by atoms with E-state index < -0.39 is 0 Å². The predicted octanol–water partition coefficient (Wildman–Crippen LogP) is 2.59. The molecule has 2 atom stereocenters. The molecule has 0 radical (unpaired) electrons. The Balaban J connectivity index is 2.19. The fraction of sp³-hybridized carbons (Fsp3) is 0.556. The third kappa shape index (κ3) is 1.63. The van der Waals surface area contributed by atoms with E-state index >= 15 is 0 Å². The number of halogens is 2. The van der Waals surface area contributed by atoms with E-state index in [0.717, 1.165) is 15.2 Å². The second kappa shape index (κ2) is 3.76. The summed E-state index contributed by atoms with van der Waals surface area (Å²) < 4.78 is 1.71. The molecule has 0 aliphatic heterocycles. The zero-order chi connectivity index (χ0) is 10.3. The lowest BCUT2D eigenvalue weighted by molar-refractivity contribution is 0.212. The molecule has 0 spiro atoms. The molecule has 2 nitrogen and oxygen atoms in total. The lowest BCUT2D eigenvalue weighted by Crippen LogP contribution is -2.21. The maximum atomic E-state index is 9.24. The van der Waals surface area contributed by atoms with Crippen molar-refractivity contribution in [2.75, 3.05) is 13.2 Å². The minimum absolute atomic E-state index is 0.0758. The molecule has 1 saturated carbocycles. The summed E-state index contributed by atoms with van der Waals surface area (Å²) in [4.78, 5) is 1.22. The Bertz CT molecular complexity index is 331. The van der Waals surface area contributed by atoms with Gasteiger partial charge in [-0.1, -0.05) is 11.6 Å². The summed E-state index contributed by atoms with van der Waals surface area (Å²) >= 11 is 10.9. The highest BCUT2D eigenvalue weighted by molar-refractivity contribution is 9.10. The lowest BCUT2D eigenvalue weighted by atomic mass is 10.1. The molecule has 1 aliphatic rings. The lowest BCUT2D eigenvalue weighted by Gasteiger charge is -2.09. The van der Waals surface area contributed by atoms with Gasteiger partial charge in [0, 0.05) is 27.2 Å². The topological polar surface area (TPSA) is 46.2 Å². The van der Waals surface area contributed by atoms with Gasteiger partial charge in [0.25, 0.3) is 0 Å². The van der Waals surface area contributed by atoms with Crippen LogP contribution in [-0.4, -0.2) is 18.3 Å². The fourth-order valence-corrected chi connectivity index (χ4v) is 3.73. The summed E-state index contributed by atoms with van der Waals surface area (Å²) in [6, 6.07) is 2.03. The van der Waals surface area contributed by atoms with Gasteiger partial charge >= 0.3 is 0 Å². The summed E-state index contributed by atoms with van der Waals surface area (Å²) in [5, 5.41) is 9.24. The van der Waals surface area contributed by atoms with Crippen LogP contribution in [-0.2, 0) is 0 Å². The molecular weight excluding hydrogens is 286 g/mol. The Labute approximate surface area is 100 Å². The van der Waals surface area contributed by atoms with Gasteiger partial charge in [0.2, 0.25) is 0 Å². The molecule has 78 valence electrons. The molecule has 2 unspecified atom stereocenters. The van der Waals surface area contributed by atoms with Gasteiger partial charge in [0.1, 0.15) is 4.34 Å².